The zero-order valence-electron chi connectivity index (χ0n) is 10.4. The molecule has 1 atom stereocenters. The first-order chi connectivity index (χ1) is 9.11. The summed E-state index contributed by atoms with van der Waals surface area (Å²) in [7, 11) is 1.61. The molecule has 0 saturated carbocycles. The Morgan fingerprint density at radius 1 is 1.26 bits per heavy atom. The van der Waals surface area contributed by atoms with Gasteiger partial charge in [0.15, 0.2) is 0 Å². The van der Waals surface area contributed by atoms with Crippen LogP contribution in [0.15, 0.2) is 46.9 Å². The fourth-order valence-electron chi connectivity index (χ4n) is 1.93. The van der Waals surface area contributed by atoms with Crippen molar-refractivity contribution < 1.29 is 9.13 Å². The Labute approximate surface area is 125 Å². The first kappa shape index (κ1) is 14.4. The van der Waals surface area contributed by atoms with Crippen molar-refractivity contribution in [1.29, 1.82) is 0 Å². The largest absolute Gasteiger partial charge is 0.496 e. The van der Waals surface area contributed by atoms with Gasteiger partial charge in [-0.1, -0.05) is 40.2 Å². The Morgan fingerprint density at radius 2 is 2.00 bits per heavy atom. The van der Waals surface area contributed by atoms with Crippen molar-refractivity contribution in [3.05, 3.63) is 63.9 Å². The number of ether oxygens (including phenoxy) is 1. The van der Waals surface area contributed by atoms with Crippen molar-refractivity contribution in [2.75, 3.05) is 7.11 Å². The van der Waals surface area contributed by atoms with E-state index in [0.717, 1.165) is 11.3 Å². The molecule has 100 valence electrons. The fourth-order valence-corrected chi connectivity index (χ4v) is 2.61. The summed E-state index contributed by atoms with van der Waals surface area (Å²) in [4.78, 5) is 0. The van der Waals surface area contributed by atoms with Gasteiger partial charge < -0.3 is 4.74 Å². The number of halogens is 3. The summed E-state index contributed by atoms with van der Waals surface area (Å²) >= 11 is 9.55. The lowest BCUT2D eigenvalue weighted by molar-refractivity contribution is 0.409. The molecule has 0 fully saturated rings. The van der Waals surface area contributed by atoms with Gasteiger partial charge in [0.2, 0.25) is 0 Å². The standard InChI is InChI=1S/C15H13BrClFO/c1-19-15-5-3-2-4-10(15)8-13(17)12-7-6-11(16)9-14(12)18/h2-7,9,13H,8H2,1H3. The first-order valence-electron chi connectivity index (χ1n) is 5.82. The molecular formula is C15H13BrClFO. The van der Waals surface area contributed by atoms with E-state index in [1.165, 1.54) is 6.07 Å². The van der Waals surface area contributed by atoms with Crippen molar-refractivity contribution in [1.82, 2.24) is 0 Å². The average molecular weight is 344 g/mol. The maximum Gasteiger partial charge on any atom is 0.129 e. The maximum atomic E-state index is 13.8. The molecule has 1 unspecified atom stereocenters. The van der Waals surface area contributed by atoms with Gasteiger partial charge in [0.05, 0.1) is 12.5 Å². The van der Waals surface area contributed by atoms with E-state index in [1.807, 2.05) is 24.3 Å². The molecule has 0 radical (unpaired) electrons. The monoisotopic (exact) mass is 342 g/mol. The molecule has 0 aliphatic rings. The highest BCUT2D eigenvalue weighted by Gasteiger charge is 2.15. The highest BCUT2D eigenvalue weighted by Crippen LogP contribution is 2.31. The van der Waals surface area contributed by atoms with Crippen LogP contribution in [0.4, 0.5) is 4.39 Å². The summed E-state index contributed by atoms with van der Waals surface area (Å²) in [5.74, 6) is 0.468. The Kier molecular flexibility index (Phi) is 4.83. The summed E-state index contributed by atoms with van der Waals surface area (Å²) < 4.78 is 19.8. The number of benzene rings is 2. The van der Waals surface area contributed by atoms with Gasteiger partial charge in [0.25, 0.3) is 0 Å². The van der Waals surface area contributed by atoms with Crippen LogP contribution in [0.2, 0.25) is 0 Å². The predicted octanol–water partition coefficient (Wildman–Crippen LogP) is 5.12. The lowest BCUT2D eigenvalue weighted by Gasteiger charge is -2.13. The first-order valence-corrected chi connectivity index (χ1v) is 7.05. The van der Waals surface area contributed by atoms with Crippen LogP contribution in [0, 0.1) is 5.82 Å². The van der Waals surface area contributed by atoms with Crippen LogP contribution >= 0.6 is 27.5 Å². The molecule has 0 spiro atoms. The minimum absolute atomic E-state index is 0.302. The van der Waals surface area contributed by atoms with Gasteiger partial charge in [-0.05, 0) is 30.2 Å². The quantitative estimate of drug-likeness (QED) is 0.700. The third-order valence-electron chi connectivity index (χ3n) is 2.89. The molecule has 0 aromatic heterocycles. The summed E-state index contributed by atoms with van der Waals surface area (Å²) in [5, 5.41) is -0.426. The normalized spacial score (nSPS) is 12.2. The predicted molar refractivity (Wildman–Crippen MR) is 79.4 cm³/mol. The van der Waals surface area contributed by atoms with Gasteiger partial charge in [0.1, 0.15) is 11.6 Å². The minimum atomic E-state index is -0.426. The minimum Gasteiger partial charge on any atom is -0.496 e. The number of para-hydroxylation sites is 1. The second-order valence-corrected chi connectivity index (χ2v) is 5.59. The van der Waals surface area contributed by atoms with Crippen molar-refractivity contribution >= 4 is 27.5 Å². The highest BCUT2D eigenvalue weighted by molar-refractivity contribution is 9.10. The molecule has 0 aliphatic carbocycles. The second-order valence-electron chi connectivity index (χ2n) is 4.15. The van der Waals surface area contributed by atoms with Crippen LogP contribution in [-0.2, 0) is 6.42 Å². The van der Waals surface area contributed by atoms with E-state index in [2.05, 4.69) is 15.9 Å². The van der Waals surface area contributed by atoms with E-state index in [9.17, 15) is 4.39 Å². The summed E-state index contributed by atoms with van der Waals surface area (Å²) in [6.07, 6.45) is 0.518. The van der Waals surface area contributed by atoms with Gasteiger partial charge in [-0.25, -0.2) is 4.39 Å². The summed E-state index contributed by atoms with van der Waals surface area (Å²) in [5.41, 5.74) is 1.46. The van der Waals surface area contributed by atoms with Gasteiger partial charge in [0, 0.05) is 10.0 Å². The maximum absolute atomic E-state index is 13.8. The van der Waals surface area contributed by atoms with E-state index in [1.54, 1.807) is 19.2 Å². The molecule has 2 aromatic rings. The number of alkyl halides is 1. The van der Waals surface area contributed by atoms with E-state index in [0.29, 0.717) is 16.5 Å². The lowest BCUT2D eigenvalue weighted by atomic mass is 10.0. The molecule has 0 bridgehead atoms. The van der Waals surface area contributed by atoms with E-state index in [-0.39, 0.29) is 5.82 Å². The topological polar surface area (TPSA) is 9.23 Å². The second kappa shape index (κ2) is 6.40. The molecule has 2 rings (SSSR count). The number of methoxy groups -OCH3 is 1. The van der Waals surface area contributed by atoms with Gasteiger partial charge >= 0.3 is 0 Å². The van der Waals surface area contributed by atoms with Crippen LogP contribution in [0.1, 0.15) is 16.5 Å². The molecule has 0 N–H and O–H groups in total. The third kappa shape index (κ3) is 3.48. The van der Waals surface area contributed by atoms with Crippen molar-refractivity contribution in [2.24, 2.45) is 0 Å². The third-order valence-corrected chi connectivity index (χ3v) is 3.77. The molecule has 4 heteroatoms. The number of rotatable bonds is 4. The number of hydrogen-bond acceptors (Lipinski definition) is 1. The SMILES string of the molecule is COc1ccccc1CC(Cl)c1ccc(Br)cc1F. The van der Waals surface area contributed by atoms with Crippen LogP contribution in [0.25, 0.3) is 0 Å². The Hall–Kier alpha value is -1.06. The van der Waals surface area contributed by atoms with Gasteiger partial charge in [-0.2, -0.15) is 0 Å². The molecule has 1 nitrogen and oxygen atoms in total. The van der Waals surface area contributed by atoms with Crippen molar-refractivity contribution in [2.45, 2.75) is 11.8 Å². The Morgan fingerprint density at radius 3 is 2.68 bits per heavy atom. The van der Waals surface area contributed by atoms with Crippen molar-refractivity contribution in [3.8, 4) is 5.75 Å². The summed E-state index contributed by atoms with van der Waals surface area (Å²) in [6, 6.07) is 12.5. The zero-order valence-corrected chi connectivity index (χ0v) is 12.7. The highest BCUT2D eigenvalue weighted by atomic mass is 79.9. The average Bonchev–Trinajstić information content (AvgIpc) is 2.39. The van der Waals surface area contributed by atoms with E-state index < -0.39 is 5.38 Å². The van der Waals surface area contributed by atoms with E-state index >= 15 is 0 Å². The molecule has 2 aromatic carbocycles. The van der Waals surface area contributed by atoms with Crippen LogP contribution in [0.5, 0.6) is 5.75 Å². The van der Waals surface area contributed by atoms with Crippen LogP contribution in [0.3, 0.4) is 0 Å². The van der Waals surface area contributed by atoms with Crippen LogP contribution in [-0.4, -0.2) is 7.11 Å². The molecule has 0 heterocycles. The smallest absolute Gasteiger partial charge is 0.129 e. The Balaban J connectivity index is 2.23. The van der Waals surface area contributed by atoms with Gasteiger partial charge in [-0.3, -0.25) is 0 Å². The lowest BCUT2D eigenvalue weighted by Crippen LogP contribution is -2.01. The van der Waals surface area contributed by atoms with Crippen molar-refractivity contribution in [3.63, 3.8) is 0 Å². The molecular weight excluding hydrogens is 331 g/mol. The fraction of sp³-hybridized carbons (Fsp3) is 0.200. The summed E-state index contributed by atoms with van der Waals surface area (Å²) in [6.45, 7) is 0. The molecule has 0 saturated heterocycles. The molecule has 0 amide bonds. The van der Waals surface area contributed by atoms with Crippen LogP contribution < -0.4 is 4.74 Å². The Bertz CT molecular complexity index is 574. The van der Waals surface area contributed by atoms with E-state index in [4.69, 9.17) is 16.3 Å². The van der Waals surface area contributed by atoms with Gasteiger partial charge in [-0.15, -0.1) is 11.6 Å². The zero-order chi connectivity index (χ0) is 13.8. The molecule has 0 aliphatic heterocycles. The molecule has 19 heavy (non-hydrogen) atoms. The number of hydrogen-bond donors (Lipinski definition) is 0.